The Labute approximate surface area is 96.7 Å². The number of rotatable bonds is 0. The Morgan fingerprint density at radius 1 is 1.53 bits per heavy atom. The summed E-state index contributed by atoms with van der Waals surface area (Å²) in [6, 6.07) is 3.46. The van der Waals surface area contributed by atoms with Crippen molar-refractivity contribution in [2.24, 2.45) is 0 Å². The highest BCUT2D eigenvalue weighted by molar-refractivity contribution is 5.68. The SMILES string of the molecule is Cc1noc2c1CCc1[nH]c(=O)c(C#N)cc1-2. The van der Waals surface area contributed by atoms with E-state index < -0.39 is 0 Å². The third-order valence-electron chi connectivity index (χ3n) is 3.10. The molecule has 5 heteroatoms. The molecule has 2 aromatic rings. The van der Waals surface area contributed by atoms with Gasteiger partial charge in [0.05, 0.1) is 5.69 Å². The van der Waals surface area contributed by atoms with Crippen molar-refractivity contribution >= 4 is 0 Å². The average molecular weight is 227 g/mol. The zero-order valence-electron chi connectivity index (χ0n) is 9.20. The number of aromatic amines is 1. The van der Waals surface area contributed by atoms with Crippen molar-refractivity contribution in [3.8, 4) is 17.4 Å². The van der Waals surface area contributed by atoms with Crippen LogP contribution in [0.3, 0.4) is 0 Å². The van der Waals surface area contributed by atoms with Gasteiger partial charge >= 0.3 is 0 Å². The zero-order chi connectivity index (χ0) is 12.0. The van der Waals surface area contributed by atoms with E-state index in [0.717, 1.165) is 35.4 Å². The molecular formula is C12H9N3O2. The second-order valence-corrected chi connectivity index (χ2v) is 4.09. The van der Waals surface area contributed by atoms with Gasteiger partial charge in [-0.05, 0) is 25.8 Å². The van der Waals surface area contributed by atoms with Gasteiger partial charge in [0.2, 0.25) is 0 Å². The van der Waals surface area contributed by atoms with Crippen LogP contribution in [0, 0.1) is 18.3 Å². The molecule has 0 bridgehead atoms. The number of pyridine rings is 1. The number of H-pyrrole nitrogens is 1. The maximum Gasteiger partial charge on any atom is 0.266 e. The number of nitrogens with zero attached hydrogens (tertiary/aromatic N) is 2. The largest absolute Gasteiger partial charge is 0.356 e. The van der Waals surface area contributed by atoms with E-state index in [1.54, 1.807) is 6.07 Å². The van der Waals surface area contributed by atoms with E-state index in [2.05, 4.69) is 10.1 Å². The van der Waals surface area contributed by atoms with Crippen molar-refractivity contribution < 1.29 is 4.52 Å². The topological polar surface area (TPSA) is 82.7 Å². The van der Waals surface area contributed by atoms with Crippen molar-refractivity contribution in [2.75, 3.05) is 0 Å². The molecule has 2 aromatic heterocycles. The fourth-order valence-corrected chi connectivity index (χ4v) is 2.20. The number of hydrogen-bond acceptors (Lipinski definition) is 4. The Morgan fingerprint density at radius 3 is 3.12 bits per heavy atom. The summed E-state index contributed by atoms with van der Waals surface area (Å²) in [5, 5.41) is 12.8. The van der Waals surface area contributed by atoms with E-state index in [0.29, 0.717) is 5.76 Å². The summed E-state index contributed by atoms with van der Waals surface area (Å²) >= 11 is 0. The molecule has 5 nitrogen and oxygen atoms in total. The van der Waals surface area contributed by atoms with Gasteiger partial charge < -0.3 is 9.51 Å². The van der Waals surface area contributed by atoms with Crippen LogP contribution < -0.4 is 5.56 Å². The molecule has 3 rings (SSSR count). The Bertz CT molecular complexity index is 704. The molecule has 1 aliphatic rings. The molecule has 0 radical (unpaired) electrons. The molecule has 0 aromatic carbocycles. The number of fused-ring (bicyclic) bond motifs is 3. The van der Waals surface area contributed by atoms with Crippen molar-refractivity contribution in [1.82, 2.24) is 10.1 Å². The number of nitrogens with one attached hydrogen (secondary N) is 1. The smallest absolute Gasteiger partial charge is 0.266 e. The maximum atomic E-state index is 11.5. The summed E-state index contributed by atoms with van der Waals surface area (Å²) in [6.45, 7) is 1.89. The fraction of sp³-hybridized carbons (Fsp3) is 0.250. The van der Waals surface area contributed by atoms with Crippen LogP contribution in [-0.2, 0) is 12.8 Å². The van der Waals surface area contributed by atoms with E-state index in [4.69, 9.17) is 9.78 Å². The standard InChI is InChI=1S/C12H9N3O2/c1-6-8-2-3-10-9(11(8)17-15-6)4-7(5-13)12(16)14-10/h4H,2-3H2,1H3,(H,14,16). The molecule has 2 heterocycles. The third-order valence-corrected chi connectivity index (χ3v) is 3.10. The molecule has 84 valence electrons. The summed E-state index contributed by atoms with van der Waals surface area (Å²) in [7, 11) is 0. The van der Waals surface area contributed by atoms with Crippen LogP contribution in [0.2, 0.25) is 0 Å². The van der Waals surface area contributed by atoms with Crippen LogP contribution in [0.15, 0.2) is 15.4 Å². The highest BCUT2D eigenvalue weighted by Gasteiger charge is 2.24. The monoisotopic (exact) mass is 227 g/mol. The number of aromatic nitrogens is 2. The first-order valence-electron chi connectivity index (χ1n) is 5.32. The first-order chi connectivity index (χ1) is 8.20. The molecule has 0 amide bonds. The minimum Gasteiger partial charge on any atom is -0.356 e. The second kappa shape index (κ2) is 3.32. The molecule has 0 saturated carbocycles. The van der Waals surface area contributed by atoms with Gasteiger partial charge in [-0.1, -0.05) is 5.16 Å². The highest BCUT2D eigenvalue weighted by Crippen LogP contribution is 2.33. The van der Waals surface area contributed by atoms with Gasteiger partial charge in [0, 0.05) is 16.8 Å². The lowest BCUT2D eigenvalue weighted by atomic mass is 9.92. The van der Waals surface area contributed by atoms with Crippen LogP contribution in [0.25, 0.3) is 11.3 Å². The van der Waals surface area contributed by atoms with Crippen LogP contribution in [0.4, 0.5) is 0 Å². The first kappa shape index (κ1) is 9.85. The average Bonchev–Trinajstić information content (AvgIpc) is 2.70. The molecule has 1 N–H and O–H groups in total. The molecule has 1 aliphatic carbocycles. The second-order valence-electron chi connectivity index (χ2n) is 4.09. The van der Waals surface area contributed by atoms with Crippen LogP contribution in [-0.4, -0.2) is 10.1 Å². The predicted molar refractivity (Wildman–Crippen MR) is 59.4 cm³/mol. The fourth-order valence-electron chi connectivity index (χ4n) is 2.20. The van der Waals surface area contributed by atoms with Gasteiger partial charge in [-0.15, -0.1) is 0 Å². The lowest BCUT2D eigenvalue weighted by Gasteiger charge is -2.13. The van der Waals surface area contributed by atoms with Crippen molar-refractivity contribution in [1.29, 1.82) is 5.26 Å². The van der Waals surface area contributed by atoms with Gasteiger partial charge in [-0.25, -0.2) is 0 Å². The van der Waals surface area contributed by atoms with Crippen LogP contribution >= 0.6 is 0 Å². The maximum absolute atomic E-state index is 11.5. The minimum atomic E-state index is -0.342. The Morgan fingerprint density at radius 2 is 2.35 bits per heavy atom. The predicted octanol–water partition coefficient (Wildman–Crippen LogP) is 1.31. The molecule has 0 spiro atoms. The molecule has 17 heavy (non-hydrogen) atoms. The number of nitriles is 1. The van der Waals surface area contributed by atoms with E-state index >= 15 is 0 Å². The number of hydrogen-bond donors (Lipinski definition) is 1. The van der Waals surface area contributed by atoms with Crippen molar-refractivity contribution in [3.63, 3.8) is 0 Å². The van der Waals surface area contributed by atoms with Crippen LogP contribution in [0.1, 0.15) is 22.5 Å². The van der Waals surface area contributed by atoms with E-state index in [1.807, 2.05) is 13.0 Å². The highest BCUT2D eigenvalue weighted by atomic mass is 16.5. The van der Waals surface area contributed by atoms with Crippen molar-refractivity contribution in [2.45, 2.75) is 19.8 Å². The molecule has 0 atom stereocenters. The lowest BCUT2D eigenvalue weighted by molar-refractivity contribution is 0.425. The van der Waals surface area contributed by atoms with Crippen LogP contribution in [0.5, 0.6) is 0 Å². The normalized spacial score (nSPS) is 12.7. The van der Waals surface area contributed by atoms with E-state index in [1.165, 1.54) is 0 Å². The minimum absolute atomic E-state index is 0.102. The number of aryl methyl sites for hydroxylation is 2. The Hall–Kier alpha value is -2.35. The molecule has 0 aliphatic heterocycles. The van der Waals surface area contributed by atoms with Gasteiger partial charge in [-0.3, -0.25) is 4.79 Å². The zero-order valence-corrected chi connectivity index (χ0v) is 9.20. The van der Waals surface area contributed by atoms with Crippen molar-refractivity contribution in [3.05, 3.63) is 38.9 Å². The lowest BCUT2D eigenvalue weighted by Crippen LogP contribution is -2.16. The van der Waals surface area contributed by atoms with Gasteiger partial charge in [0.1, 0.15) is 11.6 Å². The summed E-state index contributed by atoms with van der Waals surface area (Å²) in [4.78, 5) is 14.2. The molecule has 0 fully saturated rings. The van der Waals surface area contributed by atoms with E-state index in [-0.39, 0.29) is 11.1 Å². The molecule has 0 unspecified atom stereocenters. The third kappa shape index (κ3) is 1.31. The molecule has 0 saturated heterocycles. The molecular weight excluding hydrogens is 218 g/mol. The summed E-state index contributed by atoms with van der Waals surface area (Å²) in [5.74, 6) is 0.677. The van der Waals surface area contributed by atoms with E-state index in [9.17, 15) is 4.79 Å². The summed E-state index contributed by atoms with van der Waals surface area (Å²) in [5.41, 5.74) is 3.29. The summed E-state index contributed by atoms with van der Waals surface area (Å²) in [6.07, 6.45) is 1.55. The Balaban J connectivity index is 2.32. The first-order valence-corrected chi connectivity index (χ1v) is 5.32. The Kier molecular flexibility index (Phi) is 1.92. The quantitative estimate of drug-likeness (QED) is 0.735. The van der Waals surface area contributed by atoms with Gasteiger partial charge in [0.25, 0.3) is 5.56 Å². The summed E-state index contributed by atoms with van der Waals surface area (Å²) < 4.78 is 5.27. The van der Waals surface area contributed by atoms with Gasteiger partial charge in [0.15, 0.2) is 5.76 Å². The van der Waals surface area contributed by atoms with Gasteiger partial charge in [-0.2, -0.15) is 5.26 Å².